The molecule has 2 aliphatic heterocycles. The van der Waals surface area contributed by atoms with Crippen molar-refractivity contribution in [1.82, 2.24) is 20.1 Å². The lowest BCUT2D eigenvalue weighted by Crippen LogP contribution is -2.52. The van der Waals surface area contributed by atoms with E-state index in [4.69, 9.17) is 9.47 Å². The molecule has 5 rings (SSSR count). The van der Waals surface area contributed by atoms with Gasteiger partial charge in [-0.1, -0.05) is 30.3 Å². The number of carbonyl (C=O) groups excluding carboxylic acids is 3. The highest BCUT2D eigenvalue weighted by atomic mass is 19.1. The average Bonchev–Trinajstić information content (AvgIpc) is 3.19. The Balaban J connectivity index is 1.57. The van der Waals surface area contributed by atoms with E-state index in [0.717, 1.165) is 6.20 Å². The first-order valence-corrected chi connectivity index (χ1v) is 12.6. The summed E-state index contributed by atoms with van der Waals surface area (Å²) in [7, 11) is 1.54. The van der Waals surface area contributed by atoms with Crippen molar-refractivity contribution < 1.29 is 37.0 Å². The minimum absolute atomic E-state index is 0.00247. The minimum atomic E-state index is -1.21. The molecule has 13 heteroatoms. The number of amides is 3. The molecule has 2 aromatic carbocycles. The Morgan fingerprint density at radius 2 is 1.83 bits per heavy atom. The molecule has 3 amide bonds. The van der Waals surface area contributed by atoms with Gasteiger partial charge < -0.3 is 29.6 Å². The quantitative estimate of drug-likeness (QED) is 0.451. The number of hydrogen-bond acceptors (Lipinski definition) is 6. The van der Waals surface area contributed by atoms with Crippen LogP contribution < -0.4 is 20.8 Å². The number of fused-ring (bicyclic) bond motifs is 1. The fourth-order valence-corrected chi connectivity index (χ4v) is 5.01. The van der Waals surface area contributed by atoms with Gasteiger partial charge in [0.1, 0.15) is 29.6 Å². The van der Waals surface area contributed by atoms with Crippen molar-refractivity contribution in [2.75, 3.05) is 20.1 Å². The minimum Gasteiger partial charge on any atom is -0.483 e. The van der Waals surface area contributed by atoms with Gasteiger partial charge >= 0.3 is 6.09 Å². The van der Waals surface area contributed by atoms with Crippen LogP contribution in [0.15, 0.2) is 53.5 Å². The molecule has 1 fully saturated rings. The molecule has 2 N–H and O–H groups in total. The molecule has 0 saturated carbocycles. The van der Waals surface area contributed by atoms with Gasteiger partial charge in [0.05, 0.1) is 12.6 Å². The van der Waals surface area contributed by atoms with E-state index in [1.807, 2.05) is 0 Å². The van der Waals surface area contributed by atoms with Crippen LogP contribution in [-0.4, -0.2) is 53.1 Å². The Hall–Kier alpha value is -4.81. The number of halogens is 3. The van der Waals surface area contributed by atoms with Gasteiger partial charge in [0.2, 0.25) is 5.43 Å². The number of cyclic esters (lactones) is 1. The summed E-state index contributed by atoms with van der Waals surface area (Å²) < 4.78 is 54.4. The Bertz CT molecular complexity index is 1590. The van der Waals surface area contributed by atoms with Crippen molar-refractivity contribution in [3.8, 4) is 5.75 Å². The normalized spacial score (nSPS) is 19.8. The molecule has 0 bridgehead atoms. The number of ether oxygens (including phenoxy) is 2. The second-order valence-corrected chi connectivity index (χ2v) is 10.0. The molecule has 1 unspecified atom stereocenters. The van der Waals surface area contributed by atoms with Crippen LogP contribution in [0.25, 0.3) is 0 Å². The first kappa shape index (κ1) is 27.7. The van der Waals surface area contributed by atoms with Crippen LogP contribution in [0.5, 0.6) is 5.75 Å². The van der Waals surface area contributed by atoms with Gasteiger partial charge in [-0.3, -0.25) is 14.4 Å². The molecule has 2 aliphatic rings. The van der Waals surface area contributed by atoms with Gasteiger partial charge in [-0.05, 0) is 12.5 Å². The van der Waals surface area contributed by atoms with Gasteiger partial charge in [0, 0.05) is 44.0 Å². The summed E-state index contributed by atoms with van der Waals surface area (Å²) in [4.78, 5) is 53.5. The maximum absolute atomic E-state index is 14.2. The first-order chi connectivity index (χ1) is 19.5. The van der Waals surface area contributed by atoms with Crippen molar-refractivity contribution in [3.63, 3.8) is 0 Å². The van der Waals surface area contributed by atoms with Crippen molar-refractivity contribution in [1.29, 1.82) is 0 Å². The fourth-order valence-electron chi connectivity index (χ4n) is 5.01. The van der Waals surface area contributed by atoms with Gasteiger partial charge in [-0.25, -0.2) is 18.0 Å². The van der Waals surface area contributed by atoms with Gasteiger partial charge in [0.15, 0.2) is 17.0 Å². The number of aromatic nitrogens is 1. The summed E-state index contributed by atoms with van der Waals surface area (Å²) in [6.45, 7) is 0.984. The fraction of sp³-hybridized carbons (Fsp3) is 0.286. The van der Waals surface area contributed by atoms with Crippen molar-refractivity contribution in [3.05, 3.63) is 98.7 Å². The van der Waals surface area contributed by atoms with E-state index < -0.39 is 75.9 Å². The van der Waals surface area contributed by atoms with Crippen LogP contribution >= 0.6 is 0 Å². The van der Waals surface area contributed by atoms with Crippen LogP contribution in [0.4, 0.5) is 18.0 Å². The molecule has 1 aromatic heterocycles. The zero-order valence-corrected chi connectivity index (χ0v) is 22.0. The number of carbonyl (C=O) groups is 3. The predicted octanol–water partition coefficient (Wildman–Crippen LogP) is 2.90. The number of benzene rings is 2. The first-order valence-electron chi connectivity index (χ1n) is 12.6. The van der Waals surface area contributed by atoms with Crippen LogP contribution in [0.1, 0.15) is 44.9 Å². The topological polar surface area (TPSA) is 119 Å². The zero-order chi connectivity index (χ0) is 29.5. The lowest BCUT2D eigenvalue weighted by Gasteiger charge is -2.38. The molecular weight excluding hydrogens is 545 g/mol. The van der Waals surface area contributed by atoms with E-state index in [2.05, 4.69) is 10.6 Å². The Morgan fingerprint density at radius 1 is 1.15 bits per heavy atom. The second-order valence-electron chi connectivity index (χ2n) is 10.0. The number of rotatable bonds is 7. The molecule has 41 heavy (non-hydrogen) atoms. The molecule has 3 heterocycles. The van der Waals surface area contributed by atoms with Gasteiger partial charge in [-0.2, -0.15) is 0 Å². The molecule has 0 aliphatic carbocycles. The Kier molecular flexibility index (Phi) is 7.20. The number of nitrogens with zero attached hydrogens (tertiary/aromatic N) is 2. The maximum Gasteiger partial charge on any atom is 0.410 e. The monoisotopic (exact) mass is 570 g/mol. The number of hydrogen-bond donors (Lipinski definition) is 2. The van der Waals surface area contributed by atoms with Crippen LogP contribution in [0, 0.1) is 17.5 Å². The summed E-state index contributed by atoms with van der Waals surface area (Å²) in [5.41, 5.74) is -2.71. The standard InChI is InChI=1S/C28H25F3N4O6/c1-28(14-34(2)27(39)41-28)21-11-33-26(38)22-24(40-13-15-6-4-3-5-7-15)23(36)18(12-35(21)22)25(37)32-10-17-19(30)8-16(29)9-20(17)31/h3-9,12,21H,10-11,13-14H2,1-2H3,(H,32,37)(H,33,38)/t21?,28-/m1/s1. The summed E-state index contributed by atoms with van der Waals surface area (Å²) in [6, 6.07) is 8.96. The maximum atomic E-state index is 14.2. The van der Waals surface area contributed by atoms with Gasteiger partial charge in [-0.15, -0.1) is 0 Å². The van der Waals surface area contributed by atoms with Crippen molar-refractivity contribution >= 4 is 17.9 Å². The molecule has 2 atom stereocenters. The third-order valence-corrected chi connectivity index (χ3v) is 7.09. The molecule has 214 valence electrons. The molecule has 0 radical (unpaired) electrons. The summed E-state index contributed by atoms with van der Waals surface area (Å²) in [6.07, 6.45) is 0.550. The van der Waals surface area contributed by atoms with Crippen LogP contribution in [0.2, 0.25) is 0 Å². The highest BCUT2D eigenvalue weighted by molar-refractivity contribution is 5.99. The lowest BCUT2D eigenvalue weighted by atomic mass is 9.93. The second kappa shape index (κ2) is 10.6. The molecule has 3 aromatic rings. The van der Waals surface area contributed by atoms with Crippen molar-refractivity contribution in [2.45, 2.75) is 31.7 Å². The SMILES string of the molecule is CN1C[C@](C)(C2CNC(=O)c3c(OCc4ccccc4)c(=O)c(C(=O)NCc4c(F)cc(F)cc4F)cn32)OC1=O. The third kappa shape index (κ3) is 5.22. The largest absolute Gasteiger partial charge is 0.483 e. The highest BCUT2D eigenvalue weighted by Crippen LogP contribution is 2.36. The van der Waals surface area contributed by atoms with Crippen molar-refractivity contribution in [2.24, 2.45) is 0 Å². The van der Waals surface area contributed by atoms with E-state index in [-0.39, 0.29) is 25.4 Å². The average molecular weight is 571 g/mol. The Labute approximate surface area is 231 Å². The van der Waals surface area contributed by atoms with E-state index in [9.17, 15) is 32.3 Å². The van der Waals surface area contributed by atoms with E-state index in [0.29, 0.717) is 17.7 Å². The van der Waals surface area contributed by atoms with E-state index >= 15 is 0 Å². The number of pyridine rings is 1. The van der Waals surface area contributed by atoms with E-state index in [1.165, 1.54) is 9.47 Å². The zero-order valence-electron chi connectivity index (χ0n) is 22.0. The summed E-state index contributed by atoms with van der Waals surface area (Å²) in [5.74, 6) is -5.65. The summed E-state index contributed by atoms with van der Waals surface area (Å²) in [5, 5.41) is 4.98. The predicted molar refractivity (Wildman–Crippen MR) is 138 cm³/mol. The lowest BCUT2D eigenvalue weighted by molar-refractivity contribution is 0.0210. The third-order valence-electron chi connectivity index (χ3n) is 7.09. The molecule has 10 nitrogen and oxygen atoms in total. The highest BCUT2D eigenvalue weighted by Gasteiger charge is 2.49. The molecule has 0 spiro atoms. The summed E-state index contributed by atoms with van der Waals surface area (Å²) >= 11 is 0. The van der Waals surface area contributed by atoms with Crippen LogP contribution in [0.3, 0.4) is 0 Å². The number of nitrogens with one attached hydrogen (secondary N) is 2. The number of likely N-dealkylation sites (N-methyl/N-ethyl adjacent to an activating group) is 1. The Morgan fingerprint density at radius 3 is 2.46 bits per heavy atom. The van der Waals surface area contributed by atoms with E-state index in [1.54, 1.807) is 44.3 Å². The smallest absolute Gasteiger partial charge is 0.410 e. The van der Waals surface area contributed by atoms with Gasteiger partial charge in [0.25, 0.3) is 11.8 Å². The van der Waals surface area contributed by atoms with Crippen LogP contribution in [-0.2, 0) is 17.9 Å². The molecule has 1 saturated heterocycles. The molecular formula is C28H25F3N4O6.